The summed E-state index contributed by atoms with van der Waals surface area (Å²) < 4.78 is 36.1. The number of aromatic nitrogens is 1. The number of aliphatic hydroxyl groups is 1. The number of fused-ring (bicyclic) bond motifs is 7. The maximum Gasteiger partial charge on any atom is 0.303 e. The minimum absolute atomic E-state index is 0.0104. The van der Waals surface area contributed by atoms with E-state index in [0.717, 1.165) is 63.5 Å². The van der Waals surface area contributed by atoms with Crippen molar-refractivity contribution in [1.82, 2.24) is 18.5 Å². The van der Waals surface area contributed by atoms with Crippen LogP contribution in [-0.2, 0) is 21.5 Å². The van der Waals surface area contributed by atoms with Gasteiger partial charge < -0.3 is 19.3 Å². The maximum absolute atomic E-state index is 14.5. The van der Waals surface area contributed by atoms with Crippen molar-refractivity contribution in [3.05, 3.63) is 53.1 Å². The van der Waals surface area contributed by atoms with Crippen LogP contribution in [0, 0.1) is 11.3 Å². The first kappa shape index (κ1) is 31.2. The minimum Gasteiger partial charge on any atom is -0.497 e. The summed E-state index contributed by atoms with van der Waals surface area (Å²) in [5.74, 6) is 0.457. The molecule has 2 amide bonds. The third kappa shape index (κ3) is 4.76. The number of nitrogens with zero attached hydrogens (tertiary/aromatic N) is 3. The lowest BCUT2D eigenvalue weighted by atomic mass is 9.81. The van der Waals surface area contributed by atoms with Gasteiger partial charge in [-0.1, -0.05) is 39.2 Å². The molecule has 2 N–H and O–H groups in total. The third-order valence-corrected chi connectivity index (χ3v) is 12.6. The first-order valence-electron chi connectivity index (χ1n) is 16.4. The fraction of sp³-hybridized carbons (Fsp3) is 0.543. The van der Waals surface area contributed by atoms with E-state index >= 15 is 0 Å². The molecule has 2 unspecified atom stereocenters. The van der Waals surface area contributed by atoms with Gasteiger partial charge in [0.25, 0.3) is 5.91 Å². The first-order valence-corrected chi connectivity index (χ1v) is 17.8. The number of hydrogen-bond donors (Lipinski definition) is 2. The van der Waals surface area contributed by atoms with Gasteiger partial charge in [-0.2, -0.15) is 12.7 Å². The Morgan fingerprint density at radius 3 is 2.41 bits per heavy atom. The van der Waals surface area contributed by atoms with Crippen LogP contribution in [-0.4, -0.2) is 79.0 Å². The van der Waals surface area contributed by atoms with E-state index in [0.29, 0.717) is 32.0 Å². The lowest BCUT2D eigenvalue weighted by Gasteiger charge is -2.50. The second kappa shape index (κ2) is 10.8. The molecule has 1 aromatic heterocycles. The van der Waals surface area contributed by atoms with Gasteiger partial charge in [0, 0.05) is 48.6 Å². The summed E-state index contributed by atoms with van der Waals surface area (Å²) in [6, 6.07) is 11.6. The molecule has 3 fully saturated rings. The van der Waals surface area contributed by atoms with Crippen molar-refractivity contribution in [2.45, 2.75) is 76.4 Å². The number of amides is 2. The zero-order valence-corrected chi connectivity index (χ0v) is 28.1. The van der Waals surface area contributed by atoms with Crippen molar-refractivity contribution >= 4 is 32.9 Å². The summed E-state index contributed by atoms with van der Waals surface area (Å²) in [4.78, 5) is 29.6. The van der Waals surface area contributed by atoms with Gasteiger partial charge in [-0.15, -0.1) is 0 Å². The SMILES string of the molecule is COc1ccc2c(c1)C1CC1(C(=O)N1CC(O)(C(C)C)C1)Cn1c-2c(C2CCCCC2)c2ccc(C(=O)NS(=O)(=O)N(C)C)cc21. The van der Waals surface area contributed by atoms with Crippen molar-refractivity contribution in [3.63, 3.8) is 0 Å². The zero-order chi connectivity index (χ0) is 32.8. The largest absolute Gasteiger partial charge is 0.497 e. The molecule has 246 valence electrons. The molecule has 0 radical (unpaired) electrons. The molecule has 2 aliphatic carbocycles. The fourth-order valence-corrected chi connectivity index (χ4v) is 8.66. The number of β-amino-alcohol motifs (C(OH)–C–C–N with tert-alkyl or cyclic N) is 1. The molecule has 11 heteroatoms. The minimum atomic E-state index is -3.98. The van der Waals surface area contributed by atoms with Gasteiger partial charge in [0.1, 0.15) is 11.4 Å². The van der Waals surface area contributed by atoms with Crippen LogP contribution in [0.25, 0.3) is 22.2 Å². The Hall–Kier alpha value is -3.41. The fourth-order valence-electron chi connectivity index (χ4n) is 8.13. The van der Waals surface area contributed by atoms with Gasteiger partial charge in [-0.3, -0.25) is 9.59 Å². The molecular weight excluding hydrogens is 604 g/mol. The number of carbonyl (C=O) groups is 2. The average molecular weight is 649 g/mol. The first-order chi connectivity index (χ1) is 21.8. The zero-order valence-electron chi connectivity index (χ0n) is 27.3. The van der Waals surface area contributed by atoms with Crippen LogP contribution < -0.4 is 9.46 Å². The van der Waals surface area contributed by atoms with Crippen LogP contribution in [0.5, 0.6) is 5.75 Å². The van der Waals surface area contributed by atoms with E-state index in [1.807, 2.05) is 30.9 Å². The van der Waals surface area contributed by atoms with Gasteiger partial charge in [-0.25, -0.2) is 4.72 Å². The van der Waals surface area contributed by atoms with Crippen molar-refractivity contribution in [2.75, 3.05) is 34.3 Å². The molecule has 2 aliphatic heterocycles. The Kier molecular flexibility index (Phi) is 7.34. The highest BCUT2D eigenvalue weighted by atomic mass is 32.2. The number of methoxy groups -OCH3 is 1. The summed E-state index contributed by atoms with van der Waals surface area (Å²) in [6.45, 7) is 5.04. The van der Waals surface area contributed by atoms with Gasteiger partial charge >= 0.3 is 10.2 Å². The van der Waals surface area contributed by atoms with Gasteiger partial charge in [0.15, 0.2) is 0 Å². The van der Waals surface area contributed by atoms with E-state index in [1.165, 1.54) is 26.1 Å². The van der Waals surface area contributed by atoms with E-state index in [4.69, 9.17) is 4.74 Å². The number of carbonyl (C=O) groups excluding carboxylic acids is 2. The van der Waals surface area contributed by atoms with Crippen molar-refractivity contribution < 1.29 is 27.9 Å². The average Bonchev–Trinajstić information content (AvgIpc) is 3.68. The molecule has 4 aliphatic rings. The second-order valence-electron chi connectivity index (χ2n) is 14.4. The summed E-state index contributed by atoms with van der Waals surface area (Å²) in [5, 5.41) is 12.1. The highest BCUT2D eigenvalue weighted by molar-refractivity contribution is 7.87. The van der Waals surface area contributed by atoms with Crippen LogP contribution >= 0.6 is 0 Å². The normalized spacial score (nSPS) is 23.7. The molecule has 2 aromatic carbocycles. The monoisotopic (exact) mass is 648 g/mol. The summed E-state index contributed by atoms with van der Waals surface area (Å²) in [6.07, 6.45) is 6.32. The van der Waals surface area contributed by atoms with E-state index in [-0.39, 0.29) is 23.3 Å². The van der Waals surface area contributed by atoms with Crippen LogP contribution in [0.1, 0.15) is 85.7 Å². The van der Waals surface area contributed by atoms with Crippen molar-refractivity contribution in [3.8, 4) is 17.0 Å². The second-order valence-corrected chi connectivity index (χ2v) is 16.3. The molecule has 2 atom stereocenters. The van der Waals surface area contributed by atoms with Gasteiger partial charge in [-0.05, 0) is 72.6 Å². The Morgan fingerprint density at radius 1 is 1.04 bits per heavy atom. The van der Waals surface area contributed by atoms with Crippen molar-refractivity contribution in [2.24, 2.45) is 11.3 Å². The topological polar surface area (TPSA) is 121 Å². The van der Waals surface area contributed by atoms with Gasteiger partial charge in [0.2, 0.25) is 5.91 Å². The summed E-state index contributed by atoms with van der Waals surface area (Å²) in [5.41, 5.74) is 4.00. The van der Waals surface area contributed by atoms with Crippen LogP contribution in [0.2, 0.25) is 0 Å². The number of nitrogens with one attached hydrogen (secondary N) is 1. The standard InChI is InChI=1S/C35H44N4O6S/c1-21(2)35(42)19-38(20-35)33(41)34-17-28(34)27-16-24(45-5)12-14-25(27)31-30(22-9-7-6-8-10-22)26-13-11-23(15-29(26)39(31)18-34)32(40)36-46(43,44)37(3)4/h11-16,21-22,28,42H,6-10,17-20H2,1-5H3,(H,36,40). The molecule has 10 nitrogen and oxygen atoms in total. The summed E-state index contributed by atoms with van der Waals surface area (Å²) in [7, 11) is 0.420. The Balaban J connectivity index is 1.41. The van der Waals surface area contributed by atoms with Crippen molar-refractivity contribution in [1.29, 1.82) is 0 Å². The molecule has 2 saturated carbocycles. The number of ether oxygens (including phenoxy) is 1. The lowest BCUT2D eigenvalue weighted by molar-refractivity contribution is -0.169. The molecule has 3 heterocycles. The number of likely N-dealkylation sites (tertiary alicyclic amines) is 1. The molecular formula is C35H44N4O6S. The number of hydrogen-bond acceptors (Lipinski definition) is 6. The Labute approximate surface area is 270 Å². The molecule has 0 bridgehead atoms. The maximum atomic E-state index is 14.5. The third-order valence-electron chi connectivity index (χ3n) is 11.2. The quantitative estimate of drug-likeness (QED) is 0.386. The number of benzene rings is 2. The predicted molar refractivity (Wildman–Crippen MR) is 176 cm³/mol. The van der Waals surface area contributed by atoms with E-state index in [1.54, 1.807) is 19.2 Å². The molecule has 1 saturated heterocycles. The Morgan fingerprint density at radius 2 is 1.76 bits per heavy atom. The Bertz CT molecular complexity index is 1850. The lowest BCUT2D eigenvalue weighted by Crippen LogP contribution is -2.67. The molecule has 46 heavy (non-hydrogen) atoms. The predicted octanol–water partition coefficient (Wildman–Crippen LogP) is 4.62. The van der Waals surface area contributed by atoms with Gasteiger partial charge in [0.05, 0.1) is 31.3 Å². The van der Waals surface area contributed by atoms with Crippen LogP contribution in [0.4, 0.5) is 0 Å². The molecule has 7 rings (SSSR count). The van der Waals surface area contributed by atoms with Crippen LogP contribution in [0.15, 0.2) is 36.4 Å². The highest BCUT2D eigenvalue weighted by Gasteiger charge is 2.65. The molecule has 3 aromatic rings. The van der Waals surface area contributed by atoms with E-state index < -0.39 is 27.1 Å². The van der Waals surface area contributed by atoms with Crippen LogP contribution in [0.3, 0.4) is 0 Å². The van der Waals surface area contributed by atoms with E-state index in [9.17, 15) is 23.1 Å². The molecule has 0 spiro atoms. The summed E-state index contributed by atoms with van der Waals surface area (Å²) >= 11 is 0. The van der Waals surface area contributed by atoms with E-state index in [2.05, 4.69) is 21.4 Å². The number of rotatable bonds is 7. The highest BCUT2D eigenvalue weighted by Crippen LogP contribution is 2.66. The smallest absolute Gasteiger partial charge is 0.303 e.